The van der Waals surface area contributed by atoms with Crippen molar-refractivity contribution in [1.29, 1.82) is 0 Å². The molecule has 0 aliphatic heterocycles. The molecule has 2 atom stereocenters. The molecule has 0 spiro atoms. The topological polar surface area (TPSA) is 108 Å². The molecule has 0 heterocycles. The molecule has 9 nitrogen and oxygen atoms in total. The van der Waals surface area contributed by atoms with Crippen molar-refractivity contribution in [2.45, 2.75) is 200 Å². The molecule has 336 valence electrons. The number of quaternary nitrogens is 1. The molecule has 1 N–H and O–H groups in total. The van der Waals surface area contributed by atoms with E-state index < -0.39 is 24.3 Å². The van der Waals surface area contributed by atoms with Gasteiger partial charge < -0.3 is 28.5 Å². The fraction of sp³-hybridized carbons (Fsp3) is 0.776. The van der Waals surface area contributed by atoms with E-state index in [4.69, 9.17) is 18.9 Å². The smallest absolute Gasteiger partial charge is 0.361 e. The molecule has 2 unspecified atom stereocenters. The van der Waals surface area contributed by atoms with E-state index in [0.29, 0.717) is 17.4 Å². The monoisotopic (exact) mass is 819 g/mol. The molecule has 0 radical (unpaired) electrons. The number of hydrogen-bond acceptors (Lipinski definition) is 7. The molecule has 0 saturated heterocycles. The van der Waals surface area contributed by atoms with Crippen LogP contribution in [0.3, 0.4) is 0 Å². The van der Waals surface area contributed by atoms with Crippen LogP contribution in [0.2, 0.25) is 0 Å². The Bertz CT molecular complexity index is 1090. The Morgan fingerprint density at radius 1 is 0.517 bits per heavy atom. The highest BCUT2D eigenvalue weighted by molar-refractivity contribution is 5.71. The van der Waals surface area contributed by atoms with Crippen LogP contribution < -0.4 is 0 Å². The number of carboxylic acid groups (broad SMARTS) is 1. The van der Waals surface area contributed by atoms with Crippen LogP contribution in [0, 0.1) is 0 Å². The molecular formula is C49H88NO8+. The van der Waals surface area contributed by atoms with Gasteiger partial charge in [-0.3, -0.25) is 9.59 Å². The lowest BCUT2D eigenvalue weighted by atomic mass is 10.1. The van der Waals surface area contributed by atoms with E-state index in [1.54, 1.807) is 0 Å². The first-order chi connectivity index (χ1) is 28.1. The number of carboxylic acids is 1. The number of ether oxygens (including phenoxy) is 4. The first-order valence-corrected chi connectivity index (χ1v) is 23.3. The standard InChI is InChI=1S/C49H87NO8/c1-6-8-10-12-14-16-18-19-20-21-22-23-24-25-26-27-28-29-30-32-34-36-38-40-47(52)58-45(44-57-49(48(53)54)55-42-41-50(3,4)5)43-56-46(51)39-37-35-33-31-17-15-13-11-9-7-2/h11,13,18-19,21-22,24-25,45,49H,6-10,12,14-17,20,23,26-44H2,1-5H3/p+1/b13-11-,19-18-,22-21-,25-24-. The van der Waals surface area contributed by atoms with E-state index in [1.807, 2.05) is 21.1 Å². The molecular weight excluding hydrogens is 731 g/mol. The van der Waals surface area contributed by atoms with Crippen LogP contribution in [0.1, 0.15) is 187 Å². The van der Waals surface area contributed by atoms with Crippen molar-refractivity contribution >= 4 is 17.9 Å². The summed E-state index contributed by atoms with van der Waals surface area (Å²) in [6.07, 6.45) is 44.6. The minimum Gasteiger partial charge on any atom is -0.477 e. The number of hydrogen-bond donors (Lipinski definition) is 1. The van der Waals surface area contributed by atoms with Gasteiger partial charge in [0.05, 0.1) is 34.4 Å². The van der Waals surface area contributed by atoms with Crippen molar-refractivity contribution in [2.75, 3.05) is 47.5 Å². The summed E-state index contributed by atoms with van der Waals surface area (Å²) in [5, 5.41) is 9.63. The number of allylic oxidation sites excluding steroid dienone is 8. The summed E-state index contributed by atoms with van der Waals surface area (Å²) in [4.78, 5) is 37.0. The van der Waals surface area contributed by atoms with Crippen LogP contribution >= 0.6 is 0 Å². The molecule has 0 bridgehead atoms. The fourth-order valence-electron chi connectivity index (χ4n) is 6.14. The van der Waals surface area contributed by atoms with E-state index in [2.05, 4.69) is 62.5 Å². The van der Waals surface area contributed by atoms with Crippen LogP contribution in [0.4, 0.5) is 0 Å². The molecule has 0 amide bonds. The quantitative estimate of drug-likeness (QED) is 0.0213. The number of nitrogens with zero attached hydrogens (tertiary/aromatic N) is 1. The first-order valence-electron chi connectivity index (χ1n) is 23.3. The average Bonchev–Trinajstić information content (AvgIpc) is 3.18. The van der Waals surface area contributed by atoms with Crippen molar-refractivity contribution in [1.82, 2.24) is 0 Å². The average molecular weight is 819 g/mol. The third-order valence-electron chi connectivity index (χ3n) is 9.79. The van der Waals surface area contributed by atoms with E-state index in [0.717, 1.165) is 83.5 Å². The van der Waals surface area contributed by atoms with Gasteiger partial charge in [-0.05, 0) is 70.6 Å². The van der Waals surface area contributed by atoms with Crippen LogP contribution in [0.5, 0.6) is 0 Å². The summed E-state index contributed by atoms with van der Waals surface area (Å²) in [7, 11) is 5.94. The van der Waals surface area contributed by atoms with Gasteiger partial charge in [0.1, 0.15) is 13.2 Å². The van der Waals surface area contributed by atoms with Gasteiger partial charge in [0, 0.05) is 12.8 Å². The largest absolute Gasteiger partial charge is 0.477 e. The summed E-state index contributed by atoms with van der Waals surface area (Å²) >= 11 is 0. The van der Waals surface area contributed by atoms with Crippen LogP contribution in [0.15, 0.2) is 48.6 Å². The maximum absolute atomic E-state index is 12.8. The van der Waals surface area contributed by atoms with Crippen molar-refractivity contribution < 1.29 is 42.9 Å². The number of likely N-dealkylation sites (N-methyl/N-ethyl adjacent to an activating group) is 1. The second kappa shape index (κ2) is 41.0. The van der Waals surface area contributed by atoms with Crippen molar-refractivity contribution in [3.63, 3.8) is 0 Å². The molecule has 0 aliphatic rings. The Morgan fingerprint density at radius 2 is 0.966 bits per heavy atom. The van der Waals surface area contributed by atoms with Crippen molar-refractivity contribution in [3.05, 3.63) is 48.6 Å². The van der Waals surface area contributed by atoms with E-state index in [9.17, 15) is 19.5 Å². The second-order valence-electron chi connectivity index (χ2n) is 16.7. The maximum Gasteiger partial charge on any atom is 0.361 e. The minimum atomic E-state index is -1.51. The van der Waals surface area contributed by atoms with Gasteiger partial charge in [-0.1, -0.05) is 152 Å². The Labute approximate surface area is 355 Å². The summed E-state index contributed by atoms with van der Waals surface area (Å²) < 4.78 is 22.7. The second-order valence-corrected chi connectivity index (χ2v) is 16.7. The SMILES string of the molecule is CCC/C=C\CCCCCCCC(=O)OCC(COC(OCC[N+](C)(C)C)C(=O)O)OC(=O)CCCCCCCCCC/C=C\C/C=C\C/C=C\CCCCCCC. The zero-order valence-corrected chi connectivity index (χ0v) is 37.9. The third kappa shape index (κ3) is 41.4. The molecule has 0 aliphatic carbocycles. The zero-order chi connectivity index (χ0) is 42.8. The number of aliphatic carboxylic acids is 1. The minimum absolute atomic E-state index is 0.183. The zero-order valence-electron chi connectivity index (χ0n) is 37.9. The number of unbranched alkanes of at least 4 members (excludes halogenated alkanes) is 19. The Balaban J connectivity index is 4.35. The van der Waals surface area contributed by atoms with Crippen LogP contribution in [-0.2, 0) is 33.3 Å². The Kier molecular flexibility index (Phi) is 39.1. The summed E-state index contributed by atoms with van der Waals surface area (Å²) in [6.45, 7) is 4.77. The third-order valence-corrected chi connectivity index (χ3v) is 9.79. The summed E-state index contributed by atoms with van der Waals surface area (Å²) in [5.74, 6) is -2.03. The van der Waals surface area contributed by atoms with Gasteiger partial charge >= 0.3 is 17.9 Å². The number of carbonyl (C=O) groups excluding carboxylic acids is 2. The number of rotatable bonds is 42. The lowest BCUT2D eigenvalue weighted by Gasteiger charge is -2.25. The van der Waals surface area contributed by atoms with Crippen molar-refractivity contribution in [3.8, 4) is 0 Å². The molecule has 9 heteroatoms. The summed E-state index contributed by atoms with van der Waals surface area (Å²) in [5.41, 5.74) is 0. The molecule has 0 aromatic rings. The van der Waals surface area contributed by atoms with Gasteiger partial charge in [-0.25, -0.2) is 4.79 Å². The van der Waals surface area contributed by atoms with Gasteiger partial charge in [0.15, 0.2) is 6.10 Å². The maximum atomic E-state index is 12.8. The molecule has 0 fully saturated rings. The molecule has 0 aromatic heterocycles. The molecule has 0 saturated carbocycles. The summed E-state index contributed by atoms with van der Waals surface area (Å²) in [6, 6.07) is 0. The van der Waals surface area contributed by atoms with E-state index >= 15 is 0 Å². The first kappa shape index (κ1) is 55.2. The number of carbonyl (C=O) groups is 3. The van der Waals surface area contributed by atoms with Crippen molar-refractivity contribution in [2.24, 2.45) is 0 Å². The predicted molar refractivity (Wildman–Crippen MR) is 240 cm³/mol. The number of esters is 2. The lowest BCUT2D eigenvalue weighted by molar-refractivity contribution is -0.870. The lowest BCUT2D eigenvalue weighted by Crippen LogP contribution is -2.40. The highest BCUT2D eigenvalue weighted by Crippen LogP contribution is 2.14. The molecule has 0 rings (SSSR count). The Morgan fingerprint density at radius 3 is 1.47 bits per heavy atom. The molecule has 0 aromatic carbocycles. The highest BCUT2D eigenvalue weighted by Gasteiger charge is 2.25. The van der Waals surface area contributed by atoms with Crippen LogP contribution in [-0.4, -0.2) is 87.4 Å². The van der Waals surface area contributed by atoms with Crippen LogP contribution in [0.25, 0.3) is 0 Å². The Hall–Kier alpha value is -2.75. The van der Waals surface area contributed by atoms with E-state index in [-0.39, 0.29) is 38.6 Å². The van der Waals surface area contributed by atoms with Gasteiger partial charge in [0.25, 0.3) is 6.29 Å². The van der Waals surface area contributed by atoms with E-state index in [1.165, 1.54) is 70.6 Å². The van der Waals surface area contributed by atoms with Gasteiger partial charge in [-0.15, -0.1) is 0 Å². The van der Waals surface area contributed by atoms with Gasteiger partial charge in [0.2, 0.25) is 0 Å². The molecule has 58 heavy (non-hydrogen) atoms. The predicted octanol–water partition coefficient (Wildman–Crippen LogP) is 12.4. The highest BCUT2D eigenvalue weighted by atomic mass is 16.7. The fourth-order valence-corrected chi connectivity index (χ4v) is 6.14. The normalized spacial score (nSPS) is 13.3. The van der Waals surface area contributed by atoms with Gasteiger partial charge in [-0.2, -0.15) is 0 Å².